The summed E-state index contributed by atoms with van der Waals surface area (Å²) in [6.45, 7) is 6.54. The molecule has 0 spiro atoms. The zero-order chi connectivity index (χ0) is 19.8. The van der Waals surface area contributed by atoms with Gasteiger partial charge in [0.2, 0.25) is 0 Å². The molecule has 0 unspecified atom stereocenters. The molecule has 2 heterocycles. The maximum Gasteiger partial charge on any atom is 0.293 e. The molecule has 0 aliphatic rings. The van der Waals surface area contributed by atoms with Crippen LogP contribution in [0.4, 0.5) is 0 Å². The number of fused-ring (bicyclic) bond motifs is 1. The van der Waals surface area contributed by atoms with E-state index >= 15 is 0 Å². The average molecular weight is 393 g/mol. The van der Waals surface area contributed by atoms with Crippen molar-refractivity contribution in [1.82, 2.24) is 19.6 Å². The lowest BCUT2D eigenvalue weighted by Gasteiger charge is -2.13. The Morgan fingerprint density at radius 2 is 1.79 bits per heavy atom. The minimum absolute atomic E-state index is 0.157. The van der Waals surface area contributed by atoms with Crippen LogP contribution in [0.2, 0.25) is 5.02 Å². The van der Waals surface area contributed by atoms with Crippen molar-refractivity contribution in [3.05, 3.63) is 86.9 Å². The van der Waals surface area contributed by atoms with Crippen molar-refractivity contribution in [2.75, 3.05) is 0 Å². The van der Waals surface area contributed by atoms with E-state index in [4.69, 9.17) is 11.6 Å². The van der Waals surface area contributed by atoms with Crippen LogP contribution in [-0.4, -0.2) is 19.6 Å². The second-order valence-electron chi connectivity index (χ2n) is 7.23. The minimum Gasteiger partial charge on any atom is -0.265 e. The zero-order valence-electron chi connectivity index (χ0n) is 16.1. The zero-order valence-corrected chi connectivity index (χ0v) is 16.8. The Hall–Kier alpha value is -2.92. The Morgan fingerprint density at radius 3 is 2.46 bits per heavy atom. The maximum atomic E-state index is 13.4. The number of para-hydroxylation sites is 1. The van der Waals surface area contributed by atoms with Crippen LogP contribution in [0.25, 0.3) is 16.6 Å². The number of aromatic nitrogens is 4. The van der Waals surface area contributed by atoms with E-state index in [0.717, 1.165) is 27.9 Å². The van der Waals surface area contributed by atoms with Crippen molar-refractivity contribution in [1.29, 1.82) is 0 Å². The summed E-state index contributed by atoms with van der Waals surface area (Å²) >= 11 is 5.98. The predicted octanol–water partition coefficient (Wildman–Crippen LogP) is 4.72. The number of aryl methyl sites for hydroxylation is 1. The number of benzene rings is 2. The molecule has 4 rings (SSSR count). The van der Waals surface area contributed by atoms with Gasteiger partial charge >= 0.3 is 0 Å². The smallest absolute Gasteiger partial charge is 0.265 e. The molecule has 0 aliphatic carbocycles. The normalized spacial score (nSPS) is 11.5. The van der Waals surface area contributed by atoms with E-state index in [2.05, 4.69) is 24.0 Å². The summed E-state index contributed by atoms with van der Waals surface area (Å²) < 4.78 is 3.26. The summed E-state index contributed by atoms with van der Waals surface area (Å²) in [5, 5.41) is 10.7. The lowest BCUT2D eigenvalue weighted by molar-refractivity contribution is 0.612. The fourth-order valence-electron chi connectivity index (χ4n) is 3.37. The summed E-state index contributed by atoms with van der Waals surface area (Å²) in [7, 11) is 0. The third-order valence-electron chi connectivity index (χ3n) is 4.85. The molecule has 0 saturated carbocycles. The quantitative estimate of drug-likeness (QED) is 0.505. The SMILES string of the molecule is Cc1ccccc1-n1ncc2c(C(C)C)nn(Cc3ccc(Cl)cc3)c(=O)c21. The third-order valence-corrected chi connectivity index (χ3v) is 5.10. The molecule has 0 aliphatic heterocycles. The van der Waals surface area contributed by atoms with Crippen molar-refractivity contribution in [3.8, 4) is 5.69 Å². The van der Waals surface area contributed by atoms with Gasteiger partial charge in [0, 0.05) is 10.4 Å². The van der Waals surface area contributed by atoms with E-state index in [-0.39, 0.29) is 11.5 Å². The van der Waals surface area contributed by atoms with Crippen LogP contribution in [0.3, 0.4) is 0 Å². The maximum absolute atomic E-state index is 13.4. The molecule has 0 radical (unpaired) electrons. The molecular weight excluding hydrogens is 372 g/mol. The highest BCUT2D eigenvalue weighted by Gasteiger charge is 2.19. The van der Waals surface area contributed by atoms with Gasteiger partial charge in [0.25, 0.3) is 5.56 Å². The molecule has 0 fully saturated rings. The third kappa shape index (κ3) is 3.22. The van der Waals surface area contributed by atoms with Crippen LogP contribution >= 0.6 is 11.6 Å². The first kappa shape index (κ1) is 18.4. The van der Waals surface area contributed by atoms with E-state index < -0.39 is 0 Å². The Bertz CT molecular complexity index is 1210. The van der Waals surface area contributed by atoms with E-state index in [1.165, 1.54) is 4.68 Å². The first-order valence-electron chi connectivity index (χ1n) is 9.25. The van der Waals surface area contributed by atoms with Gasteiger partial charge in [-0.2, -0.15) is 10.2 Å². The highest BCUT2D eigenvalue weighted by Crippen LogP contribution is 2.24. The Morgan fingerprint density at radius 1 is 1.07 bits per heavy atom. The van der Waals surface area contributed by atoms with Crippen molar-refractivity contribution < 1.29 is 0 Å². The monoisotopic (exact) mass is 392 g/mol. The topological polar surface area (TPSA) is 52.7 Å². The van der Waals surface area contributed by atoms with Gasteiger partial charge in [-0.15, -0.1) is 0 Å². The Balaban J connectivity index is 1.95. The van der Waals surface area contributed by atoms with Crippen LogP contribution in [0.1, 0.15) is 36.6 Å². The first-order chi connectivity index (χ1) is 13.5. The lowest BCUT2D eigenvalue weighted by atomic mass is 10.1. The molecular formula is C22H21ClN4O. The van der Waals surface area contributed by atoms with Gasteiger partial charge in [-0.1, -0.05) is 55.8 Å². The molecule has 5 nitrogen and oxygen atoms in total. The summed E-state index contributed by atoms with van der Waals surface area (Å²) in [5.41, 5.74) is 4.18. The number of halogens is 1. The number of nitrogens with zero attached hydrogens (tertiary/aromatic N) is 4. The molecule has 28 heavy (non-hydrogen) atoms. The number of rotatable bonds is 4. The predicted molar refractivity (Wildman–Crippen MR) is 113 cm³/mol. The molecule has 4 aromatic rings. The van der Waals surface area contributed by atoms with Crippen molar-refractivity contribution in [3.63, 3.8) is 0 Å². The molecule has 0 atom stereocenters. The van der Waals surface area contributed by atoms with E-state index in [0.29, 0.717) is 17.1 Å². The fraction of sp³-hybridized carbons (Fsp3) is 0.227. The van der Waals surface area contributed by atoms with Gasteiger partial charge in [0.1, 0.15) is 5.52 Å². The van der Waals surface area contributed by atoms with E-state index in [1.54, 1.807) is 10.9 Å². The summed E-state index contributed by atoms with van der Waals surface area (Å²) in [6.07, 6.45) is 1.75. The van der Waals surface area contributed by atoms with Gasteiger partial charge in [0.15, 0.2) is 0 Å². The highest BCUT2D eigenvalue weighted by atomic mass is 35.5. The summed E-state index contributed by atoms with van der Waals surface area (Å²) in [6, 6.07) is 15.4. The van der Waals surface area contributed by atoms with Crippen LogP contribution < -0.4 is 5.56 Å². The van der Waals surface area contributed by atoms with Crippen LogP contribution in [0.5, 0.6) is 0 Å². The van der Waals surface area contributed by atoms with Crippen LogP contribution in [-0.2, 0) is 6.54 Å². The number of hydrogen-bond acceptors (Lipinski definition) is 3. The van der Waals surface area contributed by atoms with Crippen LogP contribution in [0, 0.1) is 6.92 Å². The Labute approximate surface area is 168 Å². The standard InChI is InChI=1S/C22H21ClN4O/c1-14(2)20-18-12-24-27(19-7-5-4-6-15(19)3)21(18)22(28)26(25-20)13-16-8-10-17(23)11-9-16/h4-12,14H,13H2,1-3H3. The van der Waals surface area contributed by atoms with Gasteiger partial charge in [-0.05, 0) is 42.2 Å². The second kappa shape index (κ2) is 7.24. The molecule has 0 bridgehead atoms. The van der Waals surface area contributed by atoms with Crippen molar-refractivity contribution in [2.24, 2.45) is 0 Å². The number of hydrogen-bond donors (Lipinski definition) is 0. The van der Waals surface area contributed by atoms with Crippen LogP contribution in [0.15, 0.2) is 59.5 Å². The minimum atomic E-state index is -0.157. The molecule has 0 N–H and O–H groups in total. The van der Waals surface area contributed by atoms with Gasteiger partial charge in [-0.25, -0.2) is 9.36 Å². The van der Waals surface area contributed by atoms with Gasteiger partial charge in [-0.3, -0.25) is 4.79 Å². The highest BCUT2D eigenvalue weighted by molar-refractivity contribution is 6.30. The van der Waals surface area contributed by atoms with Gasteiger partial charge in [0.05, 0.1) is 24.1 Å². The molecule has 0 saturated heterocycles. The van der Waals surface area contributed by atoms with Gasteiger partial charge < -0.3 is 0 Å². The molecule has 2 aromatic heterocycles. The van der Waals surface area contributed by atoms with Crippen molar-refractivity contribution >= 4 is 22.5 Å². The molecule has 142 valence electrons. The fourth-order valence-corrected chi connectivity index (χ4v) is 3.50. The van der Waals surface area contributed by atoms with E-state index in [9.17, 15) is 4.79 Å². The van der Waals surface area contributed by atoms with E-state index in [1.807, 2.05) is 55.5 Å². The second-order valence-corrected chi connectivity index (χ2v) is 7.67. The summed E-state index contributed by atoms with van der Waals surface area (Å²) in [4.78, 5) is 13.4. The largest absolute Gasteiger partial charge is 0.293 e. The summed E-state index contributed by atoms with van der Waals surface area (Å²) in [5.74, 6) is 0.161. The first-order valence-corrected chi connectivity index (χ1v) is 9.62. The molecule has 0 amide bonds. The lowest BCUT2D eigenvalue weighted by Crippen LogP contribution is -2.27. The molecule has 2 aromatic carbocycles. The molecule has 6 heteroatoms. The Kier molecular flexibility index (Phi) is 4.77. The average Bonchev–Trinajstić information content (AvgIpc) is 3.11. The van der Waals surface area contributed by atoms with Crippen molar-refractivity contribution in [2.45, 2.75) is 33.2 Å².